The molecule has 0 radical (unpaired) electrons. The summed E-state index contributed by atoms with van der Waals surface area (Å²) in [5.74, 6) is 0.603. The molecule has 1 aliphatic rings. The first-order valence-electron chi connectivity index (χ1n) is 8.93. The van der Waals surface area contributed by atoms with Crippen LogP contribution in [0.15, 0.2) is 42.5 Å². The van der Waals surface area contributed by atoms with Gasteiger partial charge in [0.25, 0.3) is 5.91 Å². The zero-order valence-electron chi connectivity index (χ0n) is 15.2. The molecule has 1 saturated heterocycles. The smallest absolute Gasteiger partial charge is 0.265 e. The maximum atomic E-state index is 12.4. The fourth-order valence-corrected chi connectivity index (χ4v) is 3.15. The van der Waals surface area contributed by atoms with Crippen molar-refractivity contribution in [2.75, 3.05) is 23.3 Å². The Bertz CT molecular complexity index is 734. The van der Waals surface area contributed by atoms with Crippen LogP contribution < -0.4 is 15.0 Å². The number of carbonyl (C=O) groups is 1. The number of amides is 1. The van der Waals surface area contributed by atoms with Crippen LogP contribution >= 0.6 is 0 Å². The van der Waals surface area contributed by atoms with Crippen LogP contribution in [0.4, 0.5) is 11.4 Å². The highest BCUT2D eigenvalue weighted by molar-refractivity contribution is 5.94. The Morgan fingerprint density at radius 1 is 1.08 bits per heavy atom. The van der Waals surface area contributed by atoms with E-state index in [1.807, 2.05) is 38.1 Å². The Morgan fingerprint density at radius 3 is 2.40 bits per heavy atom. The second kappa shape index (κ2) is 7.60. The summed E-state index contributed by atoms with van der Waals surface area (Å²) in [5, 5.41) is 2.93. The summed E-state index contributed by atoms with van der Waals surface area (Å²) in [6, 6.07) is 14.0. The molecule has 25 heavy (non-hydrogen) atoms. The number of nitrogens with zero attached hydrogens (tertiary/aromatic N) is 1. The lowest BCUT2D eigenvalue weighted by Gasteiger charge is -2.19. The van der Waals surface area contributed by atoms with Gasteiger partial charge in [0.2, 0.25) is 0 Å². The van der Waals surface area contributed by atoms with E-state index in [2.05, 4.69) is 28.4 Å². The molecule has 1 heterocycles. The van der Waals surface area contributed by atoms with Crippen LogP contribution in [0.3, 0.4) is 0 Å². The maximum absolute atomic E-state index is 12.4. The van der Waals surface area contributed by atoms with Crippen molar-refractivity contribution < 1.29 is 9.53 Å². The first kappa shape index (κ1) is 17.3. The van der Waals surface area contributed by atoms with E-state index in [4.69, 9.17) is 4.74 Å². The first-order chi connectivity index (χ1) is 12.0. The van der Waals surface area contributed by atoms with Crippen molar-refractivity contribution in [3.63, 3.8) is 0 Å². The summed E-state index contributed by atoms with van der Waals surface area (Å²) >= 11 is 0. The fraction of sp³-hybridized carbons (Fsp3) is 0.381. The van der Waals surface area contributed by atoms with Crippen molar-refractivity contribution >= 4 is 17.3 Å². The van der Waals surface area contributed by atoms with Crippen molar-refractivity contribution in [2.45, 2.75) is 39.7 Å². The molecule has 4 nitrogen and oxygen atoms in total. The number of ether oxygens (including phenoxy) is 1. The van der Waals surface area contributed by atoms with Crippen molar-refractivity contribution in [3.8, 4) is 5.75 Å². The average Bonchev–Trinajstić information content (AvgIpc) is 3.12. The number of carbonyl (C=O) groups excluding carboxylic acids is 1. The molecule has 3 rings (SSSR count). The van der Waals surface area contributed by atoms with E-state index >= 15 is 0 Å². The Morgan fingerprint density at radius 2 is 1.76 bits per heavy atom. The average molecular weight is 338 g/mol. The quantitative estimate of drug-likeness (QED) is 0.883. The SMILES string of the molecule is Cc1ccc(OC(C)C(=O)Nc2ccc(N3CCCC3)cc2)c(C)c1. The predicted molar refractivity (Wildman–Crippen MR) is 103 cm³/mol. The Hall–Kier alpha value is -2.49. The van der Waals surface area contributed by atoms with Crippen LogP contribution in [0, 0.1) is 13.8 Å². The van der Waals surface area contributed by atoms with E-state index in [0.29, 0.717) is 0 Å². The molecule has 0 aliphatic carbocycles. The fourth-order valence-electron chi connectivity index (χ4n) is 3.15. The van der Waals surface area contributed by atoms with Gasteiger partial charge < -0.3 is 15.0 Å². The van der Waals surface area contributed by atoms with Gasteiger partial charge in [-0.25, -0.2) is 0 Å². The topological polar surface area (TPSA) is 41.6 Å². The highest BCUT2D eigenvalue weighted by Crippen LogP contribution is 2.23. The van der Waals surface area contributed by atoms with Gasteiger partial charge in [0, 0.05) is 24.5 Å². The minimum atomic E-state index is -0.556. The lowest BCUT2D eigenvalue weighted by molar-refractivity contribution is -0.122. The molecular formula is C21H26N2O2. The van der Waals surface area contributed by atoms with Gasteiger partial charge in [-0.1, -0.05) is 17.7 Å². The summed E-state index contributed by atoms with van der Waals surface area (Å²) in [6.07, 6.45) is 1.96. The van der Waals surface area contributed by atoms with Crippen molar-refractivity contribution in [2.24, 2.45) is 0 Å². The zero-order chi connectivity index (χ0) is 17.8. The Balaban J connectivity index is 1.59. The largest absolute Gasteiger partial charge is 0.481 e. The molecule has 1 fully saturated rings. The number of benzene rings is 2. The molecule has 0 bridgehead atoms. The number of anilines is 2. The predicted octanol–water partition coefficient (Wildman–Crippen LogP) is 4.31. The molecule has 132 valence electrons. The normalized spacial score (nSPS) is 15.1. The summed E-state index contributed by atoms with van der Waals surface area (Å²) in [6.45, 7) is 8.04. The zero-order valence-corrected chi connectivity index (χ0v) is 15.2. The van der Waals surface area contributed by atoms with E-state index < -0.39 is 6.10 Å². The van der Waals surface area contributed by atoms with Crippen LogP contribution in [0.5, 0.6) is 5.75 Å². The third kappa shape index (κ3) is 4.32. The Labute approximate surface area is 149 Å². The monoisotopic (exact) mass is 338 g/mol. The molecule has 0 aromatic heterocycles. The number of hydrogen-bond donors (Lipinski definition) is 1. The molecule has 1 atom stereocenters. The van der Waals surface area contributed by atoms with Gasteiger partial charge in [0.05, 0.1) is 0 Å². The van der Waals surface area contributed by atoms with Crippen LogP contribution in [-0.2, 0) is 4.79 Å². The number of rotatable bonds is 5. The Kier molecular flexibility index (Phi) is 5.27. The van der Waals surface area contributed by atoms with Crippen molar-refractivity contribution in [3.05, 3.63) is 53.6 Å². The summed E-state index contributed by atoms with van der Waals surface area (Å²) in [7, 11) is 0. The molecule has 1 aliphatic heterocycles. The van der Waals surface area contributed by atoms with E-state index in [9.17, 15) is 4.79 Å². The van der Waals surface area contributed by atoms with E-state index in [-0.39, 0.29) is 5.91 Å². The molecule has 2 aromatic carbocycles. The third-order valence-corrected chi connectivity index (χ3v) is 4.61. The number of aryl methyl sites for hydroxylation is 2. The van der Waals surface area contributed by atoms with E-state index in [0.717, 1.165) is 30.1 Å². The highest BCUT2D eigenvalue weighted by Gasteiger charge is 2.16. The third-order valence-electron chi connectivity index (χ3n) is 4.61. The molecule has 1 unspecified atom stereocenters. The van der Waals surface area contributed by atoms with Gasteiger partial charge in [-0.15, -0.1) is 0 Å². The van der Waals surface area contributed by atoms with Gasteiger partial charge in [-0.2, -0.15) is 0 Å². The minimum Gasteiger partial charge on any atom is -0.481 e. The van der Waals surface area contributed by atoms with Gasteiger partial charge >= 0.3 is 0 Å². The molecule has 1 N–H and O–H groups in total. The number of hydrogen-bond acceptors (Lipinski definition) is 3. The molecule has 4 heteroatoms. The van der Waals surface area contributed by atoms with Crippen LogP contribution in [0.1, 0.15) is 30.9 Å². The molecule has 0 spiro atoms. The van der Waals surface area contributed by atoms with Gasteiger partial charge in [-0.05, 0) is 69.5 Å². The lowest BCUT2D eigenvalue weighted by atomic mass is 10.1. The van der Waals surface area contributed by atoms with E-state index in [1.165, 1.54) is 24.1 Å². The van der Waals surface area contributed by atoms with Gasteiger partial charge in [0.1, 0.15) is 5.75 Å². The molecule has 0 saturated carbocycles. The lowest BCUT2D eigenvalue weighted by Crippen LogP contribution is -2.30. The maximum Gasteiger partial charge on any atom is 0.265 e. The molecular weight excluding hydrogens is 312 g/mol. The van der Waals surface area contributed by atoms with Gasteiger partial charge in [-0.3, -0.25) is 4.79 Å². The minimum absolute atomic E-state index is 0.145. The summed E-state index contributed by atoms with van der Waals surface area (Å²) < 4.78 is 5.82. The molecule has 1 amide bonds. The van der Waals surface area contributed by atoms with Gasteiger partial charge in [0.15, 0.2) is 6.10 Å². The summed E-state index contributed by atoms with van der Waals surface area (Å²) in [4.78, 5) is 14.8. The van der Waals surface area contributed by atoms with Crippen molar-refractivity contribution in [1.29, 1.82) is 0 Å². The van der Waals surface area contributed by atoms with E-state index in [1.54, 1.807) is 6.92 Å². The second-order valence-electron chi connectivity index (χ2n) is 6.76. The van der Waals surface area contributed by atoms with Crippen LogP contribution in [0.2, 0.25) is 0 Å². The standard InChI is InChI=1S/C21H26N2O2/c1-15-6-11-20(16(2)14-15)25-17(3)21(24)22-18-7-9-19(10-8-18)23-12-4-5-13-23/h6-11,14,17H,4-5,12-13H2,1-3H3,(H,22,24). The van der Waals surface area contributed by atoms with Crippen LogP contribution in [0.25, 0.3) is 0 Å². The summed E-state index contributed by atoms with van der Waals surface area (Å²) in [5.41, 5.74) is 4.23. The number of nitrogens with one attached hydrogen (secondary N) is 1. The van der Waals surface area contributed by atoms with Crippen LogP contribution in [-0.4, -0.2) is 25.1 Å². The first-order valence-corrected chi connectivity index (χ1v) is 8.93. The highest BCUT2D eigenvalue weighted by atomic mass is 16.5. The molecule has 2 aromatic rings. The van der Waals surface area contributed by atoms with Crippen molar-refractivity contribution in [1.82, 2.24) is 0 Å². The second-order valence-corrected chi connectivity index (χ2v) is 6.76.